The highest BCUT2D eigenvalue weighted by Crippen LogP contribution is 2.41. The van der Waals surface area contributed by atoms with Crippen molar-refractivity contribution in [2.75, 3.05) is 42.3 Å². The van der Waals surface area contributed by atoms with Crippen LogP contribution in [0.3, 0.4) is 0 Å². The third kappa shape index (κ3) is 6.36. The summed E-state index contributed by atoms with van der Waals surface area (Å²) < 4.78 is 78.9. The molecule has 0 atom stereocenters. The molecule has 11 heteroatoms. The van der Waals surface area contributed by atoms with Crippen LogP contribution in [0.4, 0.5) is 30.7 Å². The number of hydrogen-bond acceptors (Lipinski definition) is 1. The Bertz CT molecular complexity index is 329. The predicted molar refractivity (Wildman–Crippen MR) is 60.4 cm³/mol. The Hall–Kier alpha value is -1.26. The Labute approximate surface area is 118 Å². The molecule has 0 heterocycles. The van der Waals surface area contributed by atoms with Gasteiger partial charge in [-0.1, -0.05) is 0 Å². The second-order valence-electron chi connectivity index (χ2n) is 4.57. The topological polar surface area (TPSA) is 32.5 Å². The highest BCUT2D eigenvalue weighted by molar-refractivity contribution is 5.73. The zero-order valence-electron chi connectivity index (χ0n) is 12.4. The normalized spacial score (nSPS) is 12.3. The van der Waals surface area contributed by atoms with E-state index < -0.39 is 18.2 Å². The summed E-state index contributed by atoms with van der Waals surface area (Å²) in [6, 6.07) is 0. The van der Waals surface area contributed by atoms with Crippen molar-refractivity contribution in [3.63, 3.8) is 0 Å². The van der Waals surface area contributed by atoms with Gasteiger partial charge in [-0.3, -0.25) is 14.4 Å². The lowest BCUT2D eigenvalue weighted by molar-refractivity contribution is -0.634. The van der Waals surface area contributed by atoms with Crippen molar-refractivity contribution < 1.29 is 40.4 Å². The molecule has 0 unspecified atom stereocenters. The molecule has 128 valence electrons. The summed E-state index contributed by atoms with van der Waals surface area (Å²) in [6.45, 7) is 0. The summed E-state index contributed by atoms with van der Waals surface area (Å²) in [5.74, 6) is -5.18. The average molecular weight is 329 g/mol. The lowest BCUT2D eigenvalue weighted by atomic mass is 10.3. The molecule has 4 nitrogen and oxygen atoms in total. The number of halogens is 7. The van der Waals surface area contributed by atoms with Crippen molar-refractivity contribution in [1.29, 1.82) is 0 Å². The summed E-state index contributed by atoms with van der Waals surface area (Å²) in [6.07, 6.45) is -12.9. The van der Waals surface area contributed by atoms with Crippen molar-refractivity contribution in [3.05, 3.63) is 0 Å². The van der Waals surface area contributed by atoms with Crippen molar-refractivity contribution >= 4 is 5.96 Å². The van der Waals surface area contributed by atoms with E-state index in [0.29, 0.717) is 0 Å². The number of guanidine groups is 1. The van der Waals surface area contributed by atoms with E-state index >= 15 is 0 Å². The van der Waals surface area contributed by atoms with Gasteiger partial charge in [-0.25, -0.2) is 4.39 Å². The van der Waals surface area contributed by atoms with Crippen LogP contribution in [0.15, 0.2) is 0 Å². The van der Waals surface area contributed by atoms with Crippen molar-refractivity contribution in [2.45, 2.75) is 18.2 Å². The first kappa shape index (κ1) is 22.0. The molecule has 0 aromatic heterocycles. The quantitative estimate of drug-likeness (QED) is 0.286. The van der Waals surface area contributed by atoms with Gasteiger partial charge in [-0.05, 0) is 0 Å². The van der Waals surface area contributed by atoms with Crippen LogP contribution in [0.1, 0.15) is 0 Å². The molecular formula is C10H18F7N3O. The molecule has 0 aliphatic carbocycles. The van der Waals surface area contributed by atoms with Crippen LogP contribution in [-0.4, -0.2) is 80.8 Å². The maximum Gasteiger partial charge on any atom is 0.416 e. The number of nitrogens with zero attached hydrogens (tertiary/aromatic N) is 3. The molecule has 0 radical (unpaired) electrons. The molecule has 0 aromatic carbocycles. The molecule has 0 aliphatic heterocycles. The molecule has 0 bridgehead atoms. The first-order valence-electron chi connectivity index (χ1n) is 5.38. The summed E-state index contributed by atoms with van der Waals surface area (Å²) in [7, 11) is 12.2. The van der Waals surface area contributed by atoms with Gasteiger partial charge in [0.2, 0.25) is 5.85 Å². The largest absolute Gasteiger partial charge is 0.811 e. The summed E-state index contributed by atoms with van der Waals surface area (Å²) in [5.41, 5.74) is 0. The molecule has 0 aliphatic rings. The van der Waals surface area contributed by atoms with Gasteiger partial charge in [-0.2, -0.15) is 26.3 Å². The van der Waals surface area contributed by atoms with E-state index in [-0.39, 0.29) is 0 Å². The average Bonchev–Trinajstić information content (AvgIpc) is 2.11. The second kappa shape index (κ2) is 7.14. The summed E-state index contributed by atoms with van der Waals surface area (Å²) in [5, 5.41) is 9.23. The van der Waals surface area contributed by atoms with Crippen LogP contribution in [0.2, 0.25) is 0 Å². The van der Waals surface area contributed by atoms with Gasteiger partial charge in [0.25, 0.3) is 0 Å². The monoisotopic (exact) mass is 329 g/mol. The summed E-state index contributed by atoms with van der Waals surface area (Å²) >= 11 is 0. The van der Waals surface area contributed by atoms with Gasteiger partial charge in [-0.15, -0.1) is 0 Å². The minimum atomic E-state index is -6.47. The minimum Gasteiger partial charge on any atom is -0.811 e. The predicted octanol–water partition coefficient (Wildman–Crippen LogP) is 0.875. The van der Waals surface area contributed by atoms with E-state index in [4.69, 9.17) is 0 Å². The third-order valence-electron chi connectivity index (χ3n) is 1.93. The van der Waals surface area contributed by atoms with Gasteiger partial charge >= 0.3 is 18.3 Å². The molecule has 0 N–H and O–H groups in total. The molecular weight excluding hydrogens is 311 g/mol. The number of hydrogen-bond donors (Lipinski definition) is 0. The molecule has 0 rings (SSSR count). The zero-order valence-corrected chi connectivity index (χ0v) is 12.4. The third-order valence-corrected chi connectivity index (χ3v) is 1.93. The van der Waals surface area contributed by atoms with E-state index in [0.717, 1.165) is 0 Å². The Morgan fingerprint density at radius 3 is 1.00 bits per heavy atom. The highest BCUT2D eigenvalue weighted by Gasteiger charge is 2.63. The van der Waals surface area contributed by atoms with Crippen LogP contribution in [-0.2, 0) is 0 Å². The van der Waals surface area contributed by atoms with Gasteiger partial charge in [0.15, 0.2) is 0 Å². The molecule has 21 heavy (non-hydrogen) atoms. The fraction of sp³-hybridized carbons (Fsp3) is 0.900. The second-order valence-corrected chi connectivity index (χ2v) is 4.57. The van der Waals surface area contributed by atoms with E-state index in [9.17, 15) is 35.8 Å². The molecule has 0 amide bonds. The van der Waals surface area contributed by atoms with Gasteiger partial charge in [0.05, 0.1) is 42.3 Å². The Kier molecular flexibility index (Phi) is 7.49. The van der Waals surface area contributed by atoms with E-state index in [1.807, 2.05) is 42.3 Å². The summed E-state index contributed by atoms with van der Waals surface area (Å²) in [4.78, 5) is 4.17. The molecule has 0 aromatic rings. The Balaban J connectivity index is 0. The standard InChI is InChI=1S/C7H18N3.C3F7O/c1-8(2)7(9(3)4)10(5)6;4-1(11,2(5,6)7)3(8,9)10/h1-6H3;/q+1;-1. The van der Waals surface area contributed by atoms with Crippen LogP contribution >= 0.6 is 0 Å². The fourth-order valence-electron chi connectivity index (χ4n) is 1.36. The minimum absolute atomic E-state index is 1.19. The first-order valence-corrected chi connectivity index (χ1v) is 5.38. The van der Waals surface area contributed by atoms with Crippen LogP contribution < -0.4 is 5.11 Å². The number of rotatable bonds is 0. The number of alkyl halides is 7. The van der Waals surface area contributed by atoms with Gasteiger partial charge < -0.3 is 5.11 Å². The molecule has 0 saturated carbocycles. The Morgan fingerprint density at radius 2 is 1.00 bits per heavy atom. The van der Waals surface area contributed by atoms with Crippen molar-refractivity contribution in [2.24, 2.45) is 0 Å². The zero-order chi connectivity index (χ0) is 17.8. The lowest BCUT2D eigenvalue weighted by Gasteiger charge is -2.34. The van der Waals surface area contributed by atoms with Crippen LogP contribution in [0.25, 0.3) is 0 Å². The smallest absolute Gasteiger partial charge is 0.416 e. The van der Waals surface area contributed by atoms with E-state index in [1.54, 1.807) is 0 Å². The van der Waals surface area contributed by atoms with Gasteiger partial charge in [0, 0.05) is 0 Å². The maximum absolute atomic E-state index is 11.3. The lowest BCUT2D eigenvalue weighted by Crippen LogP contribution is -2.62. The van der Waals surface area contributed by atoms with E-state index in [2.05, 4.69) is 14.4 Å². The van der Waals surface area contributed by atoms with E-state index in [1.165, 1.54) is 5.96 Å². The van der Waals surface area contributed by atoms with Crippen LogP contribution in [0.5, 0.6) is 0 Å². The highest BCUT2D eigenvalue weighted by atomic mass is 19.4. The molecule has 0 saturated heterocycles. The van der Waals surface area contributed by atoms with Crippen LogP contribution in [0, 0.1) is 0 Å². The first-order chi connectivity index (χ1) is 8.96. The maximum atomic E-state index is 11.3. The SMILES string of the molecule is CN(C)C(N(C)C)=[N+](C)C.[O-]C(F)(C(F)(F)F)C(F)(F)F. The fourth-order valence-corrected chi connectivity index (χ4v) is 1.36. The van der Waals surface area contributed by atoms with Crippen molar-refractivity contribution in [1.82, 2.24) is 9.80 Å². The molecule has 0 fully saturated rings. The van der Waals surface area contributed by atoms with Gasteiger partial charge in [0.1, 0.15) is 0 Å². The van der Waals surface area contributed by atoms with Crippen molar-refractivity contribution in [3.8, 4) is 0 Å². The Morgan fingerprint density at radius 1 is 0.762 bits per heavy atom. The molecule has 0 spiro atoms.